The number of nitrogens with zero attached hydrogens (tertiary/aromatic N) is 2. The Hall–Kier alpha value is -2.18. The smallest absolute Gasteiger partial charge is 0.248 e. The molecular weight excluding hydrogens is 448 g/mol. The van der Waals surface area contributed by atoms with Gasteiger partial charge in [-0.05, 0) is 23.8 Å². The van der Waals surface area contributed by atoms with Crippen LogP contribution >= 0.6 is 31.9 Å². The van der Waals surface area contributed by atoms with Crippen molar-refractivity contribution < 1.29 is 8.83 Å². The Morgan fingerprint density at radius 3 is 2.40 bits per heavy atom. The van der Waals surface area contributed by atoms with Gasteiger partial charge in [-0.1, -0.05) is 80.4 Å². The molecule has 4 nitrogen and oxygen atoms in total. The van der Waals surface area contributed by atoms with Gasteiger partial charge < -0.3 is 8.83 Å². The van der Waals surface area contributed by atoms with Crippen LogP contribution in [0.3, 0.4) is 0 Å². The normalized spacial score (nSPS) is 12.2. The van der Waals surface area contributed by atoms with E-state index in [1.165, 1.54) is 0 Å². The van der Waals surface area contributed by atoms with Gasteiger partial charge in [-0.2, -0.15) is 0 Å². The van der Waals surface area contributed by atoms with E-state index in [4.69, 9.17) is 8.83 Å². The quantitative estimate of drug-likeness (QED) is 0.341. The third-order valence-electron chi connectivity index (χ3n) is 3.67. The lowest BCUT2D eigenvalue weighted by Crippen LogP contribution is -1.88. The van der Waals surface area contributed by atoms with Gasteiger partial charge in [-0.3, -0.25) is 0 Å². The van der Waals surface area contributed by atoms with Gasteiger partial charge >= 0.3 is 0 Å². The molecule has 6 heteroatoms. The van der Waals surface area contributed by atoms with Crippen LogP contribution in [0, 0.1) is 0 Å². The Kier molecular flexibility index (Phi) is 4.55. The molecule has 0 atom stereocenters. The van der Waals surface area contributed by atoms with Crippen molar-refractivity contribution in [3.8, 4) is 0 Å². The molecule has 0 saturated carbocycles. The average Bonchev–Trinajstić information content (AvgIpc) is 3.27. The topological polar surface area (TPSA) is 52.1 Å². The summed E-state index contributed by atoms with van der Waals surface area (Å²) in [6.45, 7) is 0. The zero-order valence-corrected chi connectivity index (χ0v) is 16.1. The number of hydrogen-bond donors (Lipinski definition) is 0. The molecule has 0 spiro atoms. The van der Waals surface area contributed by atoms with Gasteiger partial charge in [0.25, 0.3) is 0 Å². The highest BCUT2D eigenvalue weighted by Crippen LogP contribution is 2.32. The van der Waals surface area contributed by atoms with Crippen molar-refractivity contribution in [2.45, 2.75) is 3.74 Å². The average molecular weight is 460 g/mol. The summed E-state index contributed by atoms with van der Waals surface area (Å²) in [5.74, 6) is 1.63. The Morgan fingerprint density at radius 2 is 1.68 bits per heavy atom. The SMILES string of the molecule is BrC(Br)c1nnc(C(=Cc2cc3ccccc3o2)c2ccccc2)o1. The van der Waals surface area contributed by atoms with Gasteiger partial charge in [-0.25, -0.2) is 0 Å². The molecule has 0 amide bonds. The minimum atomic E-state index is -0.190. The largest absolute Gasteiger partial charge is 0.457 e. The van der Waals surface area contributed by atoms with E-state index in [1.807, 2.05) is 66.7 Å². The number of halogens is 2. The summed E-state index contributed by atoms with van der Waals surface area (Å²) in [6.07, 6.45) is 1.92. The van der Waals surface area contributed by atoms with E-state index >= 15 is 0 Å². The predicted molar refractivity (Wildman–Crippen MR) is 105 cm³/mol. The maximum absolute atomic E-state index is 5.91. The van der Waals surface area contributed by atoms with E-state index in [0.29, 0.717) is 11.8 Å². The Morgan fingerprint density at radius 1 is 0.920 bits per heavy atom. The van der Waals surface area contributed by atoms with Gasteiger partial charge in [0.2, 0.25) is 11.8 Å². The summed E-state index contributed by atoms with van der Waals surface area (Å²) in [5, 5.41) is 9.29. The molecule has 0 saturated heterocycles. The molecule has 0 N–H and O–H groups in total. The first-order valence-corrected chi connectivity index (χ1v) is 9.41. The summed E-state index contributed by atoms with van der Waals surface area (Å²) >= 11 is 6.75. The number of furan rings is 1. The third-order valence-corrected chi connectivity index (χ3v) is 4.46. The first-order chi connectivity index (χ1) is 12.2. The number of hydrogen-bond acceptors (Lipinski definition) is 4. The van der Waals surface area contributed by atoms with Crippen LogP contribution in [0.15, 0.2) is 69.5 Å². The van der Waals surface area contributed by atoms with Crippen LogP contribution < -0.4 is 0 Å². The van der Waals surface area contributed by atoms with Gasteiger partial charge in [0.15, 0.2) is 0 Å². The van der Waals surface area contributed by atoms with Crippen molar-refractivity contribution in [3.05, 3.63) is 83.8 Å². The fourth-order valence-corrected chi connectivity index (χ4v) is 2.90. The minimum absolute atomic E-state index is 0.190. The molecular formula is C19H12Br2N2O2. The van der Waals surface area contributed by atoms with Crippen LogP contribution in [-0.4, -0.2) is 10.2 Å². The molecule has 124 valence electrons. The van der Waals surface area contributed by atoms with Crippen molar-refractivity contribution in [1.29, 1.82) is 0 Å². The van der Waals surface area contributed by atoms with Crippen LogP contribution in [0.1, 0.15) is 26.8 Å². The molecule has 2 heterocycles. The van der Waals surface area contributed by atoms with Gasteiger partial charge in [0.1, 0.15) is 15.1 Å². The van der Waals surface area contributed by atoms with Gasteiger partial charge in [0.05, 0.1) is 0 Å². The minimum Gasteiger partial charge on any atom is -0.457 e. The molecule has 0 bridgehead atoms. The number of rotatable bonds is 4. The summed E-state index contributed by atoms with van der Waals surface area (Å²) < 4.78 is 11.5. The Labute approximate surface area is 160 Å². The molecule has 0 aliphatic carbocycles. The van der Waals surface area contributed by atoms with Crippen molar-refractivity contribution >= 4 is 54.5 Å². The molecule has 2 aromatic carbocycles. The molecule has 25 heavy (non-hydrogen) atoms. The lowest BCUT2D eigenvalue weighted by molar-refractivity contribution is 0.503. The fraction of sp³-hybridized carbons (Fsp3) is 0.0526. The number of fused-ring (bicyclic) bond motifs is 1. The van der Waals surface area contributed by atoms with Crippen molar-refractivity contribution in [1.82, 2.24) is 10.2 Å². The zero-order chi connectivity index (χ0) is 17.2. The van der Waals surface area contributed by atoms with E-state index in [9.17, 15) is 0 Å². The maximum Gasteiger partial charge on any atom is 0.248 e. The van der Waals surface area contributed by atoms with Gasteiger partial charge in [-0.15, -0.1) is 10.2 Å². The lowest BCUT2D eigenvalue weighted by atomic mass is 10.0. The molecule has 0 aliphatic rings. The predicted octanol–water partition coefficient (Wildman–Crippen LogP) is 6.19. The first kappa shape index (κ1) is 16.3. The standard InChI is InChI=1S/C19H12Br2N2O2/c20-17(21)19-23-22-18(25-19)15(12-6-2-1-3-7-12)11-14-10-13-8-4-5-9-16(13)24-14/h1-11,17H. The monoisotopic (exact) mass is 458 g/mol. The van der Waals surface area contributed by atoms with Crippen molar-refractivity contribution in [2.75, 3.05) is 0 Å². The Balaban J connectivity index is 1.84. The summed E-state index contributed by atoms with van der Waals surface area (Å²) in [5.41, 5.74) is 2.62. The highest BCUT2D eigenvalue weighted by molar-refractivity contribution is 9.24. The second-order valence-electron chi connectivity index (χ2n) is 5.36. The van der Waals surface area contributed by atoms with E-state index in [2.05, 4.69) is 42.1 Å². The number of alkyl halides is 2. The molecule has 0 fully saturated rings. The van der Waals surface area contributed by atoms with Crippen LogP contribution in [-0.2, 0) is 0 Å². The van der Waals surface area contributed by atoms with E-state index in [1.54, 1.807) is 0 Å². The number of aromatic nitrogens is 2. The van der Waals surface area contributed by atoms with Crippen LogP contribution in [0.2, 0.25) is 0 Å². The fourth-order valence-electron chi connectivity index (χ4n) is 2.53. The van der Waals surface area contributed by atoms with E-state index < -0.39 is 0 Å². The molecule has 4 rings (SSSR count). The van der Waals surface area contributed by atoms with E-state index in [0.717, 1.165) is 27.9 Å². The summed E-state index contributed by atoms with van der Waals surface area (Å²) in [7, 11) is 0. The number of para-hydroxylation sites is 1. The van der Waals surface area contributed by atoms with Gasteiger partial charge in [0, 0.05) is 11.0 Å². The van der Waals surface area contributed by atoms with E-state index in [-0.39, 0.29) is 3.74 Å². The molecule has 2 aromatic heterocycles. The second-order valence-corrected chi connectivity index (χ2v) is 8.42. The maximum atomic E-state index is 5.91. The lowest BCUT2D eigenvalue weighted by Gasteiger charge is -2.02. The Bertz CT molecular complexity index is 1000. The molecule has 0 radical (unpaired) electrons. The van der Waals surface area contributed by atoms with Crippen molar-refractivity contribution in [3.63, 3.8) is 0 Å². The summed E-state index contributed by atoms with van der Waals surface area (Å²) in [6, 6.07) is 19.8. The van der Waals surface area contributed by atoms with Crippen LogP contribution in [0.25, 0.3) is 22.6 Å². The molecule has 4 aromatic rings. The van der Waals surface area contributed by atoms with Crippen LogP contribution in [0.5, 0.6) is 0 Å². The molecule has 0 unspecified atom stereocenters. The highest BCUT2D eigenvalue weighted by atomic mass is 79.9. The summed E-state index contributed by atoms with van der Waals surface area (Å²) in [4.78, 5) is 0. The zero-order valence-electron chi connectivity index (χ0n) is 12.9. The van der Waals surface area contributed by atoms with Crippen molar-refractivity contribution in [2.24, 2.45) is 0 Å². The molecule has 0 aliphatic heterocycles. The highest BCUT2D eigenvalue weighted by Gasteiger charge is 2.17. The third kappa shape index (κ3) is 3.45. The number of benzene rings is 2. The van der Waals surface area contributed by atoms with Crippen LogP contribution in [0.4, 0.5) is 0 Å². The second kappa shape index (κ2) is 6.98. The first-order valence-electron chi connectivity index (χ1n) is 7.58.